The van der Waals surface area contributed by atoms with Gasteiger partial charge in [-0.3, -0.25) is 4.79 Å². The third kappa shape index (κ3) is 1.92. The molecule has 5 nitrogen and oxygen atoms in total. The quantitative estimate of drug-likeness (QED) is 0.715. The highest BCUT2D eigenvalue weighted by atomic mass is 16.7. The maximum absolute atomic E-state index is 12.0. The molecule has 0 aromatic heterocycles. The summed E-state index contributed by atoms with van der Waals surface area (Å²) in [6, 6.07) is 0. The van der Waals surface area contributed by atoms with E-state index in [-0.39, 0.29) is 41.9 Å². The Labute approximate surface area is 111 Å². The highest BCUT2D eigenvalue weighted by molar-refractivity contribution is 5.96. The molecular formula is C14H18O5. The van der Waals surface area contributed by atoms with Crippen LogP contribution in [-0.2, 0) is 23.8 Å². The average Bonchev–Trinajstić information content (AvgIpc) is 2.83. The van der Waals surface area contributed by atoms with E-state index in [1.807, 2.05) is 6.92 Å². The maximum Gasteiger partial charge on any atom is 0.333 e. The predicted octanol–water partition coefficient (Wildman–Crippen LogP) is 1.07. The number of hydrogen-bond acceptors (Lipinski definition) is 5. The molecular weight excluding hydrogens is 248 g/mol. The maximum atomic E-state index is 12.0. The van der Waals surface area contributed by atoms with Crippen molar-refractivity contribution in [2.24, 2.45) is 17.8 Å². The van der Waals surface area contributed by atoms with Gasteiger partial charge in [-0.15, -0.1) is 0 Å². The molecule has 19 heavy (non-hydrogen) atoms. The lowest BCUT2D eigenvalue weighted by atomic mass is 9.63. The second kappa shape index (κ2) is 4.72. The zero-order valence-electron chi connectivity index (χ0n) is 11.1. The lowest BCUT2D eigenvalue weighted by Crippen LogP contribution is -2.47. The number of methoxy groups -OCH3 is 1. The van der Waals surface area contributed by atoms with Gasteiger partial charge in [0.1, 0.15) is 5.78 Å². The summed E-state index contributed by atoms with van der Waals surface area (Å²) >= 11 is 0. The normalized spacial score (nSPS) is 40.0. The smallest absolute Gasteiger partial charge is 0.333 e. The molecule has 2 bridgehead atoms. The summed E-state index contributed by atoms with van der Waals surface area (Å²) in [6.07, 6.45) is 2.57. The Morgan fingerprint density at radius 1 is 1.53 bits per heavy atom. The van der Waals surface area contributed by atoms with Crippen molar-refractivity contribution >= 4 is 11.8 Å². The largest absolute Gasteiger partial charge is 0.466 e. The second-order valence-electron chi connectivity index (χ2n) is 5.30. The van der Waals surface area contributed by atoms with Crippen LogP contribution in [0.4, 0.5) is 0 Å². The van der Waals surface area contributed by atoms with E-state index in [0.29, 0.717) is 18.6 Å². The van der Waals surface area contributed by atoms with Gasteiger partial charge in [0.25, 0.3) is 0 Å². The third-order valence-electron chi connectivity index (χ3n) is 4.38. The van der Waals surface area contributed by atoms with Gasteiger partial charge in [0, 0.05) is 42.8 Å². The molecule has 104 valence electrons. The molecule has 0 aromatic rings. The minimum Gasteiger partial charge on any atom is -0.466 e. The SMILES string of the molecule is CCO[C@H]1C[C@H]2[C@@H](O1)[C@H]1CC(=O)[C@@H]2C=C1C(=O)OC. The third-order valence-corrected chi connectivity index (χ3v) is 4.38. The van der Waals surface area contributed by atoms with Gasteiger partial charge >= 0.3 is 5.97 Å². The van der Waals surface area contributed by atoms with Crippen LogP contribution in [0.3, 0.4) is 0 Å². The van der Waals surface area contributed by atoms with Gasteiger partial charge in [0.15, 0.2) is 6.29 Å². The van der Waals surface area contributed by atoms with E-state index < -0.39 is 0 Å². The van der Waals surface area contributed by atoms with E-state index >= 15 is 0 Å². The number of carbonyl (C=O) groups excluding carboxylic acids is 2. The van der Waals surface area contributed by atoms with Crippen LogP contribution in [0.2, 0.25) is 0 Å². The molecule has 0 N–H and O–H groups in total. The number of hydrogen-bond donors (Lipinski definition) is 0. The van der Waals surface area contributed by atoms with Crippen LogP contribution in [0.1, 0.15) is 19.8 Å². The summed E-state index contributed by atoms with van der Waals surface area (Å²) in [5, 5.41) is 0. The van der Waals surface area contributed by atoms with Crippen molar-refractivity contribution in [3.05, 3.63) is 11.6 Å². The molecule has 0 spiro atoms. The molecule has 5 atom stereocenters. The first kappa shape index (κ1) is 12.8. The van der Waals surface area contributed by atoms with Crippen molar-refractivity contribution in [3.8, 4) is 0 Å². The summed E-state index contributed by atoms with van der Waals surface area (Å²) in [4.78, 5) is 23.8. The first-order valence-corrected chi connectivity index (χ1v) is 6.75. The number of Topliss-reactive ketones (excluding diaryl/α,β-unsaturated/α-hetero) is 1. The predicted molar refractivity (Wildman–Crippen MR) is 65.1 cm³/mol. The molecule has 1 heterocycles. The van der Waals surface area contributed by atoms with E-state index in [4.69, 9.17) is 14.2 Å². The number of fused-ring (bicyclic) bond motifs is 1. The van der Waals surface area contributed by atoms with Gasteiger partial charge in [-0.25, -0.2) is 4.79 Å². The number of esters is 1. The van der Waals surface area contributed by atoms with Gasteiger partial charge < -0.3 is 14.2 Å². The summed E-state index contributed by atoms with van der Waals surface area (Å²) in [5.41, 5.74) is 0.602. The molecule has 5 heteroatoms. The van der Waals surface area contributed by atoms with Gasteiger partial charge in [0.05, 0.1) is 13.2 Å². The molecule has 0 aromatic carbocycles. The molecule has 1 saturated carbocycles. The van der Waals surface area contributed by atoms with Gasteiger partial charge in [-0.05, 0) is 6.92 Å². The fraction of sp³-hybridized carbons (Fsp3) is 0.714. The van der Waals surface area contributed by atoms with Crippen LogP contribution in [0.5, 0.6) is 0 Å². The van der Waals surface area contributed by atoms with Crippen molar-refractivity contribution in [2.75, 3.05) is 13.7 Å². The Bertz CT molecular complexity index is 441. The number of ether oxygens (including phenoxy) is 3. The Morgan fingerprint density at radius 2 is 2.32 bits per heavy atom. The zero-order chi connectivity index (χ0) is 13.6. The molecule has 4 aliphatic rings. The Kier molecular flexibility index (Phi) is 3.19. The highest BCUT2D eigenvalue weighted by Crippen LogP contribution is 2.50. The van der Waals surface area contributed by atoms with Crippen LogP contribution in [-0.4, -0.2) is 37.9 Å². The lowest BCUT2D eigenvalue weighted by molar-refractivity contribution is -0.155. The molecule has 0 amide bonds. The summed E-state index contributed by atoms with van der Waals surface area (Å²) < 4.78 is 16.2. The fourth-order valence-electron chi connectivity index (χ4n) is 3.59. The van der Waals surface area contributed by atoms with Crippen molar-refractivity contribution in [1.29, 1.82) is 0 Å². The molecule has 0 unspecified atom stereocenters. The van der Waals surface area contributed by atoms with E-state index in [9.17, 15) is 9.59 Å². The number of ketones is 1. The number of rotatable bonds is 3. The average molecular weight is 266 g/mol. The lowest BCUT2D eigenvalue weighted by Gasteiger charge is -2.41. The van der Waals surface area contributed by atoms with Gasteiger partial charge in [-0.1, -0.05) is 6.08 Å². The number of allylic oxidation sites excluding steroid dienone is 1. The molecule has 3 aliphatic carbocycles. The van der Waals surface area contributed by atoms with Gasteiger partial charge in [0.2, 0.25) is 0 Å². The molecule has 2 fully saturated rings. The molecule has 0 radical (unpaired) electrons. The monoisotopic (exact) mass is 266 g/mol. The van der Waals surface area contributed by atoms with Crippen LogP contribution >= 0.6 is 0 Å². The summed E-state index contributed by atoms with van der Waals surface area (Å²) in [6.45, 7) is 2.51. The Morgan fingerprint density at radius 3 is 3.00 bits per heavy atom. The van der Waals surface area contributed by atoms with Crippen molar-refractivity contribution < 1.29 is 23.8 Å². The topological polar surface area (TPSA) is 61.8 Å². The summed E-state index contributed by atoms with van der Waals surface area (Å²) in [7, 11) is 1.36. The highest BCUT2D eigenvalue weighted by Gasteiger charge is 2.55. The van der Waals surface area contributed by atoms with Crippen molar-refractivity contribution in [2.45, 2.75) is 32.2 Å². The van der Waals surface area contributed by atoms with Crippen LogP contribution in [0.25, 0.3) is 0 Å². The minimum absolute atomic E-state index is 0.0849. The van der Waals surface area contributed by atoms with E-state index in [0.717, 1.165) is 6.42 Å². The summed E-state index contributed by atoms with van der Waals surface area (Å²) in [5.74, 6) is -0.366. The van der Waals surface area contributed by atoms with E-state index in [2.05, 4.69) is 0 Å². The first-order chi connectivity index (χ1) is 9.15. The van der Waals surface area contributed by atoms with Crippen LogP contribution < -0.4 is 0 Å². The Hall–Kier alpha value is -1.20. The molecule has 4 rings (SSSR count). The zero-order valence-corrected chi connectivity index (χ0v) is 11.1. The number of carbonyl (C=O) groups is 2. The van der Waals surface area contributed by atoms with Crippen LogP contribution in [0, 0.1) is 17.8 Å². The van der Waals surface area contributed by atoms with Crippen molar-refractivity contribution in [1.82, 2.24) is 0 Å². The molecule has 1 saturated heterocycles. The fourth-order valence-corrected chi connectivity index (χ4v) is 3.59. The van der Waals surface area contributed by atoms with Crippen molar-refractivity contribution in [3.63, 3.8) is 0 Å². The Balaban J connectivity index is 1.87. The molecule has 1 aliphatic heterocycles. The van der Waals surface area contributed by atoms with Gasteiger partial charge in [-0.2, -0.15) is 0 Å². The second-order valence-corrected chi connectivity index (χ2v) is 5.30. The van der Waals surface area contributed by atoms with E-state index in [1.54, 1.807) is 6.08 Å². The first-order valence-electron chi connectivity index (χ1n) is 6.75. The van der Waals surface area contributed by atoms with Crippen LogP contribution in [0.15, 0.2) is 11.6 Å². The standard InChI is InChI=1S/C14H18O5/c1-3-18-12-6-9-7-4-10(14(16)17-2)8(5-11(7)15)13(9)19-12/h4,7-9,12-13H,3,5-6H2,1-2H3/t7-,8+,9-,12-,13+/m1/s1. The van der Waals surface area contributed by atoms with E-state index in [1.165, 1.54) is 7.11 Å². The minimum atomic E-state index is -0.343.